The summed E-state index contributed by atoms with van der Waals surface area (Å²) in [6.07, 6.45) is 3.66. The maximum absolute atomic E-state index is 10.7. The lowest BCUT2D eigenvalue weighted by Crippen LogP contribution is -1.87. The van der Waals surface area contributed by atoms with E-state index in [0.29, 0.717) is 5.75 Å². The minimum Gasteiger partial charge on any atom is -0.293 e. The standard InChI is InChI=1S/C12H10N2OS/c1-10(15)16-8-4-5-11-9-13-12-6-2-3-7-14(11)12/h2-3,6-7,9H,8H2,1H3. The van der Waals surface area contributed by atoms with Gasteiger partial charge in [-0.05, 0) is 18.1 Å². The van der Waals surface area contributed by atoms with Gasteiger partial charge in [0.25, 0.3) is 0 Å². The van der Waals surface area contributed by atoms with Crippen molar-refractivity contribution in [2.75, 3.05) is 5.75 Å². The minimum absolute atomic E-state index is 0.0902. The highest BCUT2D eigenvalue weighted by atomic mass is 32.2. The van der Waals surface area contributed by atoms with Gasteiger partial charge >= 0.3 is 0 Å². The van der Waals surface area contributed by atoms with E-state index in [4.69, 9.17) is 0 Å². The molecule has 0 aliphatic carbocycles. The fraction of sp³-hybridized carbons (Fsp3) is 0.167. The highest BCUT2D eigenvalue weighted by Crippen LogP contribution is 2.04. The van der Waals surface area contributed by atoms with Gasteiger partial charge in [0.2, 0.25) is 0 Å². The molecule has 0 fully saturated rings. The maximum Gasteiger partial charge on any atom is 0.186 e. The number of rotatable bonds is 1. The van der Waals surface area contributed by atoms with Gasteiger partial charge in [0.1, 0.15) is 11.3 Å². The zero-order valence-electron chi connectivity index (χ0n) is 8.80. The van der Waals surface area contributed by atoms with Gasteiger partial charge in [-0.3, -0.25) is 9.20 Å². The summed E-state index contributed by atoms with van der Waals surface area (Å²) in [6.45, 7) is 1.54. The summed E-state index contributed by atoms with van der Waals surface area (Å²) in [5, 5.41) is 0.0902. The second kappa shape index (κ2) is 4.86. The topological polar surface area (TPSA) is 34.4 Å². The molecule has 4 heteroatoms. The van der Waals surface area contributed by atoms with Gasteiger partial charge < -0.3 is 0 Å². The molecule has 0 amide bonds. The van der Waals surface area contributed by atoms with Crippen molar-refractivity contribution in [2.45, 2.75) is 6.92 Å². The number of pyridine rings is 1. The molecule has 3 nitrogen and oxygen atoms in total. The fourth-order valence-corrected chi connectivity index (χ4v) is 1.64. The molecular weight excluding hydrogens is 220 g/mol. The Bertz CT molecular complexity index is 577. The van der Waals surface area contributed by atoms with Crippen molar-refractivity contribution in [3.63, 3.8) is 0 Å². The van der Waals surface area contributed by atoms with Crippen molar-refractivity contribution < 1.29 is 4.79 Å². The van der Waals surface area contributed by atoms with Crippen LogP contribution in [0.5, 0.6) is 0 Å². The molecule has 0 aromatic carbocycles. The van der Waals surface area contributed by atoms with Crippen molar-refractivity contribution in [3.05, 3.63) is 36.3 Å². The molecule has 2 aromatic heterocycles. The van der Waals surface area contributed by atoms with Gasteiger partial charge in [0.15, 0.2) is 5.12 Å². The van der Waals surface area contributed by atoms with Crippen LogP contribution in [0.15, 0.2) is 30.6 Å². The first-order chi connectivity index (χ1) is 7.77. The molecule has 0 aliphatic heterocycles. The van der Waals surface area contributed by atoms with Crippen LogP contribution < -0.4 is 0 Å². The summed E-state index contributed by atoms with van der Waals surface area (Å²) in [5.41, 5.74) is 1.73. The molecule has 0 unspecified atom stereocenters. The van der Waals surface area contributed by atoms with Crippen LogP contribution in [0.1, 0.15) is 12.6 Å². The van der Waals surface area contributed by atoms with Gasteiger partial charge in [0.05, 0.1) is 11.9 Å². The zero-order chi connectivity index (χ0) is 11.4. The second-order valence-corrected chi connectivity index (χ2v) is 4.31. The van der Waals surface area contributed by atoms with E-state index in [1.54, 1.807) is 13.1 Å². The maximum atomic E-state index is 10.7. The van der Waals surface area contributed by atoms with E-state index in [0.717, 1.165) is 11.3 Å². The molecule has 0 N–H and O–H groups in total. The number of hydrogen-bond donors (Lipinski definition) is 0. The van der Waals surface area contributed by atoms with Crippen LogP contribution in [0.3, 0.4) is 0 Å². The van der Waals surface area contributed by atoms with Crippen LogP contribution in [0.4, 0.5) is 0 Å². The zero-order valence-corrected chi connectivity index (χ0v) is 9.62. The van der Waals surface area contributed by atoms with Crippen LogP contribution >= 0.6 is 11.8 Å². The molecule has 0 spiro atoms. The Balaban J connectivity index is 2.18. The number of fused-ring (bicyclic) bond motifs is 1. The van der Waals surface area contributed by atoms with E-state index in [9.17, 15) is 4.79 Å². The van der Waals surface area contributed by atoms with Gasteiger partial charge in [0, 0.05) is 13.1 Å². The number of nitrogens with zero attached hydrogens (tertiary/aromatic N) is 2. The summed E-state index contributed by atoms with van der Waals surface area (Å²) in [5.74, 6) is 6.47. The Labute approximate surface area is 97.9 Å². The lowest BCUT2D eigenvalue weighted by molar-refractivity contribution is -0.109. The van der Waals surface area contributed by atoms with Crippen LogP contribution in [-0.4, -0.2) is 20.3 Å². The van der Waals surface area contributed by atoms with Crippen molar-refractivity contribution >= 4 is 22.5 Å². The van der Waals surface area contributed by atoms with E-state index in [1.807, 2.05) is 28.8 Å². The Hall–Kier alpha value is -1.73. The number of carbonyl (C=O) groups is 1. The number of thioether (sulfide) groups is 1. The van der Waals surface area contributed by atoms with E-state index in [-0.39, 0.29) is 5.12 Å². The predicted molar refractivity (Wildman–Crippen MR) is 65.2 cm³/mol. The molecule has 2 heterocycles. The van der Waals surface area contributed by atoms with Crippen molar-refractivity contribution in [1.29, 1.82) is 0 Å². The molecule has 0 aliphatic rings. The number of hydrogen-bond acceptors (Lipinski definition) is 3. The normalized spacial score (nSPS) is 9.81. The third-order valence-corrected chi connectivity index (χ3v) is 2.68. The van der Waals surface area contributed by atoms with Crippen LogP contribution in [0.25, 0.3) is 5.65 Å². The first-order valence-corrected chi connectivity index (χ1v) is 5.80. The fourth-order valence-electron chi connectivity index (χ4n) is 1.29. The van der Waals surface area contributed by atoms with Gasteiger partial charge in [-0.2, -0.15) is 0 Å². The molecule has 2 aromatic rings. The minimum atomic E-state index is 0.0902. The molecule has 0 radical (unpaired) electrons. The molecule has 80 valence electrons. The summed E-state index contributed by atoms with van der Waals surface area (Å²) in [7, 11) is 0. The third-order valence-electron chi connectivity index (χ3n) is 1.98. The molecule has 0 saturated heterocycles. The molecular formula is C12H10N2OS. The average Bonchev–Trinajstić information content (AvgIpc) is 2.68. The number of imidazole rings is 1. The van der Waals surface area contributed by atoms with E-state index < -0.39 is 0 Å². The van der Waals surface area contributed by atoms with Gasteiger partial charge in [-0.15, -0.1) is 0 Å². The Morgan fingerprint density at radius 1 is 1.56 bits per heavy atom. The Morgan fingerprint density at radius 3 is 3.25 bits per heavy atom. The van der Waals surface area contributed by atoms with Crippen molar-refractivity contribution in [2.24, 2.45) is 0 Å². The third kappa shape index (κ3) is 2.44. The molecule has 2 rings (SSSR count). The first kappa shape index (κ1) is 10.8. The predicted octanol–water partition coefficient (Wildman–Crippen LogP) is 1.97. The highest BCUT2D eigenvalue weighted by Gasteiger charge is 1.97. The SMILES string of the molecule is CC(=O)SCC#Cc1cnc2ccccn12. The van der Waals surface area contributed by atoms with Crippen LogP contribution in [0.2, 0.25) is 0 Å². The number of aromatic nitrogens is 2. The van der Waals surface area contributed by atoms with Crippen LogP contribution in [-0.2, 0) is 4.79 Å². The first-order valence-electron chi connectivity index (χ1n) is 4.82. The van der Waals surface area contributed by atoms with E-state index in [2.05, 4.69) is 16.8 Å². The monoisotopic (exact) mass is 230 g/mol. The van der Waals surface area contributed by atoms with E-state index in [1.165, 1.54) is 11.8 Å². The van der Waals surface area contributed by atoms with E-state index >= 15 is 0 Å². The summed E-state index contributed by atoms with van der Waals surface area (Å²) >= 11 is 1.22. The van der Waals surface area contributed by atoms with Crippen LogP contribution in [0, 0.1) is 11.8 Å². The van der Waals surface area contributed by atoms with Gasteiger partial charge in [-0.25, -0.2) is 4.98 Å². The number of carbonyl (C=O) groups excluding carboxylic acids is 1. The molecule has 0 bridgehead atoms. The lowest BCUT2D eigenvalue weighted by atomic mass is 10.4. The summed E-state index contributed by atoms with van der Waals surface area (Å²) in [4.78, 5) is 14.9. The molecule has 0 saturated carbocycles. The quantitative estimate of drug-likeness (QED) is 0.702. The molecule has 0 atom stereocenters. The highest BCUT2D eigenvalue weighted by molar-refractivity contribution is 8.13. The Morgan fingerprint density at radius 2 is 2.44 bits per heavy atom. The lowest BCUT2D eigenvalue weighted by Gasteiger charge is -1.92. The smallest absolute Gasteiger partial charge is 0.186 e. The summed E-state index contributed by atoms with van der Waals surface area (Å²) in [6, 6.07) is 5.80. The Kier molecular flexibility index (Phi) is 3.28. The van der Waals surface area contributed by atoms with Crippen molar-refractivity contribution in [3.8, 4) is 11.8 Å². The van der Waals surface area contributed by atoms with Gasteiger partial charge in [-0.1, -0.05) is 23.7 Å². The second-order valence-electron chi connectivity index (χ2n) is 3.15. The largest absolute Gasteiger partial charge is 0.293 e. The average molecular weight is 230 g/mol. The molecule has 16 heavy (non-hydrogen) atoms. The summed E-state index contributed by atoms with van der Waals surface area (Å²) < 4.78 is 1.92. The van der Waals surface area contributed by atoms with Crippen molar-refractivity contribution in [1.82, 2.24) is 9.38 Å².